The Morgan fingerprint density at radius 1 is 0.545 bits per heavy atom. The normalized spacial score (nSPS) is 11.9. The van der Waals surface area contributed by atoms with E-state index >= 15 is 0 Å². The van der Waals surface area contributed by atoms with Crippen molar-refractivity contribution in [1.29, 1.82) is 0 Å². The van der Waals surface area contributed by atoms with Gasteiger partial charge in [-0.25, -0.2) is 0 Å². The van der Waals surface area contributed by atoms with Crippen LogP contribution in [0.5, 0.6) is 0 Å². The van der Waals surface area contributed by atoms with Crippen molar-refractivity contribution >= 4 is 54.3 Å². The Kier molecular flexibility index (Phi) is 3.89. The Morgan fingerprint density at radius 2 is 1.15 bits per heavy atom. The molecule has 0 N–H and O–H groups in total. The molecule has 0 amide bonds. The van der Waals surface area contributed by atoms with Crippen molar-refractivity contribution in [3.8, 4) is 0 Å². The summed E-state index contributed by atoms with van der Waals surface area (Å²) in [7, 11) is 0. The number of para-hydroxylation sites is 1. The average Bonchev–Trinajstić information content (AvgIpc) is 3.27. The van der Waals surface area contributed by atoms with Gasteiger partial charge in [0.1, 0.15) is 11.2 Å². The summed E-state index contributed by atoms with van der Waals surface area (Å²) in [6, 6.07) is 37.0. The largest absolute Gasteiger partial charge is 0.456 e. The van der Waals surface area contributed by atoms with Crippen molar-refractivity contribution in [2.24, 2.45) is 0 Å². The molecule has 1 heterocycles. The van der Waals surface area contributed by atoms with Crippen LogP contribution in [0.1, 0.15) is 16.7 Å². The summed E-state index contributed by atoms with van der Waals surface area (Å²) in [5, 5.41) is 10.2. The highest BCUT2D eigenvalue weighted by Gasteiger charge is 2.16. The minimum absolute atomic E-state index is 0.830. The molecule has 0 saturated carbocycles. The van der Waals surface area contributed by atoms with Crippen molar-refractivity contribution in [3.63, 3.8) is 0 Å². The summed E-state index contributed by atoms with van der Waals surface area (Å²) < 4.78 is 6.51. The van der Waals surface area contributed by atoms with Crippen LogP contribution in [-0.4, -0.2) is 0 Å². The van der Waals surface area contributed by atoms with Gasteiger partial charge in [0.05, 0.1) is 0 Å². The second-order valence-corrected chi connectivity index (χ2v) is 8.93. The summed E-state index contributed by atoms with van der Waals surface area (Å²) in [6.45, 7) is 2.24. The molecule has 0 aliphatic heterocycles. The number of fused-ring (bicyclic) bond motifs is 7. The Morgan fingerprint density at radius 3 is 1.88 bits per heavy atom. The highest BCUT2D eigenvalue weighted by atomic mass is 16.3. The highest BCUT2D eigenvalue weighted by Crippen LogP contribution is 2.39. The third-order valence-electron chi connectivity index (χ3n) is 7.15. The van der Waals surface area contributed by atoms with E-state index in [1.165, 1.54) is 59.8 Å². The van der Waals surface area contributed by atoms with Gasteiger partial charge in [-0.05, 0) is 62.0 Å². The lowest BCUT2D eigenvalue weighted by molar-refractivity contribution is 0.664. The molecule has 0 aliphatic rings. The van der Waals surface area contributed by atoms with Gasteiger partial charge >= 0.3 is 0 Å². The molecule has 6 aromatic carbocycles. The highest BCUT2D eigenvalue weighted by molar-refractivity contribution is 6.19. The monoisotopic (exact) mass is 422 g/mol. The van der Waals surface area contributed by atoms with Gasteiger partial charge < -0.3 is 4.42 Å². The first-order chi connectivity index (χ1) is 16.3. The fourth-order valence-electron chi connectivity index (χ4n) is 5.58. The zero-order chi connectivity index (χ0) is 21.9. The molecule has 0 fully saturated rings. The summed E-state index contributed by atoms with van der Waals surface area (Å²) in [5.41, 5.74) is 5.89. The van der Waals surface area contributed by atoms with E-state index in [0.29, 0.717) is 0 Å². The average molecular weight is 423 g/mol. The van der Waals surface area contributed by atoms with Crippen LogP contribution in [0, 0.1) is 6.92 Å². The molecule has 0 aliphatic carbocycles. The summed E-state index contributed by atoms with van der Waals surface area (Å²) in [4.78, 5) is 0. The van der Waals surface area contributed by atoms with Crippen molar-refractivity contribution in [2.75, 3.05) is 0 Å². The molecule has 0 bridgehead atoms. The zero-order valence-electron chi connectivity index (χ0n) is 18.4. The van der Waals surface area contributed by atoms with Crippen LogP contribution in [0.2, 0.25) is 0 Å². The van der Waals surface area contributed by atoms with E-state index in [4.69, 9.17) is 4.42 Å². The molecule has 0 spiro atoms. The maximum atomic E-state index is 6.51. The third kappa shape index (κ3) is 2.66. The van der Waals surface area contributed by atoms with Gasteiger partial charge in [-0.15, -0.1) is 0 Å². The number of hydrogen-bond donors (Lipinski definition) is 0. The van der Waals surface area contributed by atoms with E-state index in [2.05, 4.69) is 110 Å². The Balaban J connectivity index is 1.53. The number of rotatable bonds is 2. The Labute approximate surface area is 191 Å². The lowest BCUT2D eigenvalue weighted by Gasteiger charge is -2.15. The first kappa shape index (κ1) is 18.5. The minimum atomic E-state index is 0.830. The Hall–Kier alpha value is -4.10. The predicted octanol–water partition coefficient (Wildman–Crippen LogP) is 8.94. The van der Waals surface area contributed by atoms with E-state index in [1.54, 1.807) is 0 Å². The standard InChI is InChI=1S/C32H22O/c1-20-23-11-4-6-14-26(23)29(27-15-7-5-12-24(20)27)19-22-10-8-16-28-31-25-13-3-2-9-21(25)17-18-30(31)33-32(22)28/h2-18H,19H2,1H3. The second-order valence-electron chi connectivity index (χ2n) is 8.93. The van der Waals surface area contributed by atoms with Gasteiger partial charge in [0.25, 0.3) is 0 Å². The van der Waals surface area contributed by atoms with Crippen LogP contribution in [0.3, 0.4) is 0 Å². The van der Waals surface area contributed by atoms with E-state index in [0.717, 1.165) is 17.6 Å². The van der Waals surface area contributed by atoms with E-state index in [1.807, 2.05) is 0 Å². The second kappa shape index (κ2) is 6.95. The predicted molar refractivity (Wildman–Crippen MR) is 140 cm³/mol. The van der Waals surface area contributed by atoms with E-state index in [9.17, 15) is 0 Å². The van der Waals surface area contributed by atoms with Crippen molar-refractivity contribution in [1.82, 2.24) is 0 Å². The molecule has 1 nitrogen and oxygen atoms in total. The molecule has 1 aromatic heterocycles. The quantitative estimate of drug-likeness (QED) is 0.253. The number of hydrogen-bond acceptors (Lipinski definition) is 1. The van der Waals surface area contributed by atoms with Crippen molar-refractivity contribution < 1.29 is 4.42 Å². The molecule has 7 rings (SSSR count). The van der Waals surface area contributed by atoms with Gasteiger partial charge in [-0.1, -0.05) is 97.1 Å². The van der Waals surface area contributed by atoms with E-state index < -0.39 is 0 Å². The topological polar surface area (TPSA) is 13.1 Å². The first-order valence-electron chi connectivity index (χ1n) is 11.5. The fourth-order valence-corrected chi connectivity index (χ4v) is 5.58. The van der Waals surface area contributed by atoms with Crippen LogP contribution in [0.4, 0.5) is 0 Å². The summed E-state index contributed by atoms with van der Waals surface area (Å²) in [5.74, 6) is 0. The molecule has 7 aromatic rings. The molecule has 0 radical (unpaired) electrons. The summed E-state index contributed by atoms with van der Waals surface area (Å²) in [6.07, 6.45) is 0.830. The smallest absolute Gasteiger partial charge is 0.138 e. The lowest BCUT2D eigenvalue weighted by Crippen LogP contribution is -1.95. The van der Waals surface area contributed by atoms with Gasteiger partial charge in [-0.2, -0.15) is 0 Å². The molecular formula is C32H22O. The van der Waals surface area contributed by atoms with Crippen LogP contribution in [0.25, 0.3) is 54.3 Å². The van der Waals surface area contributed by atoms with Crippen molar-refractivity contribution in [3.05, 3.63) is 120 Å². The SMILES string of the molecule is Cc1c2ccccc2c(Cc2cccc3c2oc2ccc4ccccc4c23)c2ccccc12. The number of benzene rings is 6. The molecule has 0 atom stereocenters. The van der Waals surface area contributed by atoms with Gasteiger partial charge in [0, 0.05) is 17.2 Å². The van der Waals surface area contributed by atoms with Crippen molar-refractivity contribution in [2.45, 2.75) is 13.3 Å². The Bertz CT molecular complexity index is 1800. The summed E-state index contributed by atoms with van der Waals surface area (Å²) >= 11 is 0. The zero-order valence-corrected chi connectivity index (χ0v) is 18.4. The number of aryl methyl sites for hydroxylation is 1. The van der Waals surface area contributed by atoms with Crippen LogP contribution >= 0.6 is 0 Å². The lowest BCUT2D eigenvalue weighted by atomic mass is 9.89. The molecule has 33 heavy (non-hydrogen) atoms. The molecule has 156 valence electrons. The molecule has 1 heteroatoms. The van der Waals surface area contributed by atoms with Crippen LogP contribution in [-0.2, 0) is 6.42 Å². The molecular weight excluding hydrogens is 400 g/mol. The maximum Gasteiger partial charge on any atom is 0.138 e. The fraction of sp³-hybridized carbons (Fsp3) is 0.0625. The van der Waals surface area contributed by atoms with Gasteiger partial charge in [0.15, 0.2) is 0 Å². The minimum Gasteiger partial charge on any atom is -0.456 e. The maximum absolute atomic E-state index is 6.51. The van der Waals surface area contributed by atoms with Gasteiger partial charge in [-0.3, -0.25) is 0 Å². The molecule has 0 saturated heterocycles. The van der Waals surface area contributed by atoms with E-state index in [-0.39, 0.29) is 0 Å². The number of furan rings is 1. The van der Waals surface area contributed by atoms with Crippen LogP contribution < -0.4 is 0 Å². The van der Waals surface area contributed by atoms with Gasteiger partial charge in [0.2, 0.25) is 0 Å². The van der Waals surface area contributed by atoms with Crippen LogP contribution in [0.15, 0.2) is 108 Å². The first-order valence-corrected chi connectivity index (χ1v) is 11.5. The third-order valence-corrected chi connectivity index (χ3v) is 7.15. The molecule has 0 unspecified atom stereocenters.